The number of amides is 1. The van der Waals surface area contributed by atoms with Crippen molar-refractivity contribution in [3.05, 3.63) is 12.7 Å². The highest BCUT2D eigenvalue weighted by atomic mass is 35.5. The molecule has 1 aliphatic carbocycles. The summed E-state index contributed by atoms with van der Waals surface area (Å²) >= 11 is 5.97. The predicted octanol–water partition coefficient (Wildman–Crippen LogP) is 1.23. The highest BCUT2D eigenvalue weighted by Crippen LogP contribution is 2.45. The Labute approximate surface area is 118 Å². The van der Waals surface area contributed by atoms with Crippen LogP contribution in [0.25, 0.3) is 0 Å². The second-order valence-electron chi connectivity index (χ2n) is 5.01. The molecule has 2 aliphatic rings. The first-order valence-electron chi connectivity index (χ1n) is 6.59. The topological polar surface area (TPSA) is 58.6 Å². The molecule has 2 rings (SSSR count). The Kier molecular flexibility index (Phi) is 4.16. The van der Waals surface area contributed by atoms with Crippen LogP contribution in [0.3, 0.4) is 0 Å². The lowest BCUT2D eigenvalue weighted by Crippen LogP contribution is -2.51. The van der Waals surface area contributed by atoms with E-state index in [0.29, 0.717) is 26.0 Å². The van der Waals surface area contributed by atoms with Gasteiger partial charge in [0.25, 0.3) is 0 Å². The highest BCUT2D eigenvalue weighted by Gasteiger charge is 2.61. The van der Waals surface area contributed by atoms with Gasteiger partial charge in [0.05, 0.1) is 6.61 Å². The number of hydrogen-bond acceptors (Lipinski definition) is 4. The minimum atomic E-state index is -0.921. The molecule has 0 aromatic rings. The lowest BCUT2D eigenvalue weighted by atomic mass is 10.1. The summed E-state index contributed by atoms with van der Waals surface area (Å²) in [6, 6.07) is -0.362. The zero-order valence-electron chi connectivity index (χ0n) is 11.0. The van der Waals surface area contributed by atoms with Gasteiger partial charge in [0, 0.05) is 12.5 Å². The van der Waals surface area contributed by atoms with Crippen molar-refractivity contribution in [3.63, 3.8) is 0 Å². The van der Waals surface area contributed by atoms with Gasteiger partial charge in [0.15, 0.2) is 0 Å². The number of hydrogen-bond donors (Lipinski definition) is 1. The molecule has 2 fully saturated rings. The first kappa shape index (κ1) is 14.3. The standard InChI is InChI=1S/C13H19ClN2O3/c1-3-9-8-13(9,12(18)19-4-2)15-11(17)10-6-5-7-16(10)14/h3,9-10H,1,4-8H2,2H3,(H,15,17)/t9-,10+,13-/m1/s1. The summed E-state index contributed by atoms with van der Waals surface area (Å²) in [5.74, 6) is -0.641. The molecule has 1 aliphatic heterocycles. The smallest absolute Gasteiger partial charge is 0.332 e. The molecular formula is C13H19ClN2O3. The third-order valence-electron chi connectivity index (χ3n) is 3.78. The monoisotopic (exact) mass is 286 g/mol. The Balaban J connectivity index is 2.04. The Hall–Kier alpha value is -1.07. The van der Waals surface area contributed by atoms with Crippen molar-refractivity contribution in [3.8, 4) is 0 Å². The van der Waals surface area contributed by atoms with Crippen LogP contribution in [0, 0.1) is 5.92 Å². The molecule has 1 saturated carbocycles. The fraction of sp³-hybridized carbons (Fsp3) is 0.692. The van der Waals surface area contributed by atoms with E-state index in [1.807, 2.05) is 0 Å². The molecule has 106 valence electrons. The number of carbonyl (C=O) groups excluding carboxylic acids is 2. The van der Waals surface area contributed by atoms with Crippen LogP contribution in [-0.4, -0.2) is 41.0 Å². The zero-order chi connectivity index (χ0) is 14.0. The van der Waals surface area contributed by atoms with Gasteiger partial charge in [-0.2, -0.15) is 0 Å². The summed E-state index contributed by atoms with van der Waals surface area (Å²) in [5, 5.41) is 2.81. The first-order chi connectivity index (χ1) is 9.05. The van der Waals surface area contributed by atoms with Crippen LogP contribution in [0.15, 0.2) is 12.7 Å². The van der Waals surface area contributed by atoms with Crippen molar-refractivity contribution < 1.29 is 14.3 Å². The van der Waals surface area contributed by atoms with Crippen LogP contribution >= 0.6 is 11.8 Å². The van der Waals surface area contributed by atoms with Crippen molar-refractivity contribution in [1.82, 2.24) is 9.74 Å². The number of halogens is 1. The van der Waals surface area contributed by atoms with Gasteiger partial charge in [0.2, 0.25) is 5.91 Å². The molecule has 3 atom stereocenters. The maximum atomic E-state index is 12.2. The van der Waals surface area contributed by atoms with Crippen molar-refractivity contribution in [2.45, 2.75) is 37.8 Å². The van der Waals surface area contributed by atoms with Crippen LogP contribution in [-0.2, 0) is 14.3 Å². The molecule has 0 spiro atoms. The van der Waals surface area contributed by atoms with E-state index in [2.05, 4.69) is 11.9 Å². The van der Waals surface area contributed by atoms with Gasteiger partial charge in [-0.05, 0) is 38.0 Å². The summed E-state index contributed by atoms with van der Waals surface area (Å²) in [5.41, 5.74) is -0.921. The minimum Gasteiger partial charge on any atom is -0.464 e. The summed E-state index contributed by atoms with van der Waals surface area (Å²) in [4.78, 5) is 24.2. The molecule has 5 nitrogen and oxygen atoms in total. The van der Waals surface area contributed by atoms with E-state index in [1.165, 1.54) is 4.42 Å². The van der Waals surface area contributed by atoms with Gasteiger partial charge in [-0.25, -0.2) is 9.21 Å². The van der Waals surface area contributed by atoms with Gasteiger partial charge >= 0.3 is 5.97 Å². The third kappa shape index (κ3) is 2.62. The van der Waals surface area contributed by atoms with E-state index in [0.717, 1.165) is 6.42 Å². The average Bonchev–Trinajstić information content (AvgIpc) is 2.93. The number of nitrogens with one attached hydrogen (secondary N) is 1. The van der Waals surface area contributed by atoms with Crippen LogP contribution < -0.4 is 5.32 Å². The van der Waals surface area contributed by atoms with Crippen LogP contribution in [0.1, 0.15) is 26.2 Å². The molecule has 0 aromatic carbocycles. The molecule has 0 unspecified atom stereocenters. The molecule has 19 heavy (non-hydrogen) atoms. The van der Waals surface area contributed by atoms with Crippen molar-refractivity contribution >= 4 is 23.7 Å². The van der Waals surface area contributed by atoms with Crippen molar-refractivity contribution in [2.24, 2.45) is 5.92 Å². The molecular weight excluding hydrogens is 268 g/mol. The summed E-state index contributed by atoms with van der Waals surface area (Å²) in [6.07, 6.45) is 3.84. The Morgan fingerprint density at radius 3 is 2.84 bits per heavy atom. The highest BCUT2D eigenvalue weighted by molar-refractivity contribution is 6.15. The fourth-order valence-corrected chi connectivity index (χ4v) is 2.86. The van der Waals surface area contributed by atoms with E-state index in [1.54, 1.807) is 13.0 Å². The van der Waals surface area contributed by atoms with Crippen LogP contribution in [0.4, 0.5) is 0 Å². The minimum absolute atomic E-state index is 0.0549. The molecule has 1 N–H and O–H groups in total. The molecule has 0 bridgehead atoms. The largest absolute Gasteiger partial charge is 0.464 e. The lowest BCUT2D eigenvalue weighted by molar-refractivity contribution is -0.149. The first-order valence-corrected chi connectivity index (χ1v) is 6.93. The molecule has 1 saturated heterocycles. The Morgan fingerprint density at radius 2 is 2.37 bits per heavy atom. The van der Waals surface area contributed by atoms with Gasteiger partial charge in [-0.15, -0.1) is 6.58 Å². The Bertz CT molecular complexity index is 401. The summed E-state index contributed by atoms with van der Waals surface area (Å²) in [6.45, 7) is 6.42. The Morgan fingerprint density at radius 1 is 1.63 bits per heavy atom. The third-order valence-corrected chi connectivity index (χ3v) is 4.18. The van der Waals surface area contributed by atoms with E-state index >= 15 is 0 Å². The number of esters is 1. The van der Waals surface area contributed by atoms with E-state index in [9.17, 15) is 9.59 Å². The lowest BCUT2D eigenvalue weighted by Gasteiger charge is -2.22. The normalized spacial score (nSPS) is 33.8. The number of nitrogens with zero attached hydrogens (tertiary/aromatic N) is 1. The van der Waals surface area contributed by atoms with Crippen molar-refractivity contribution in [2.75, 3.05) is 13.2 Å². The van der Waals surface area contributed by atoms with E-state index in [-0.39, 0.29) is 23.8 Å². The molecule has 6 heteroatoms. The molecule has 1 heterocycles. The van der Waals surface area contributed by atoms with Crippen LogP contribution in [0.5, 0.6) is 0 Å². The summed E-state index contributed by atoms with van der Waals surface area (Å²) in [7, 11) is 0. The molecule has 0 aromatic heterocycles. The second-order valence-corrected chi connectivity index (χ2v) is 5.44. The maximum absolute atomic E-state index is 12.2. The SMILES string of the molecule is C=C[C@@H]1C[C@]1(NC(=O)[C@@H]1CCCN1Cl)C(=O)OCC. The number of carbonyl (C=O) groups is 2. The van der Waals surface area contributed by atoms with Gasteiger partial charge in [-0.3, -0.25) is 4.79 Å². The number of ether oxygens (including phenoxy) is 1. The van der Waals surface area contributed by atoms with Crippen molar-refractivity contribution in [1.29, 1.82) is 0 Å². The van der Waals surface area contributed by atoms with E-state index < -0.39 is 5.54 Å². The zero-order valence-corrected chi connectivity index (χ0v) is 11.8. The molecule has 0 radical (unpaired) electrons. The quantitative estimate of drug-likeness (QED) is 0.469. The van der Waals surface area contributed by atoms with Crippen LogP contribution in [0.2, 0.25) is 0 Å². The van der Waals surface area contributed by atoms with E-state index in [4.69, 9.17) is 16.5 Å². The summed E-state index contributed by atoms with van der Waals surface area (Å²) < 4.78 is 6.54. The fourth-order valence-electron chi connectivity index (χ4n) is 2.55. The average molecular weight is 287 g/mol. The van der Waals surface area contributed by atoms with Gasteiger partial charge in [-0.1, -0.05) is 6.08 Å². The van der Waals surface area contributed by atoms with Gasteiger partial charge < -0.3 is 10.1 Å². The number of rotatable bonds is 5. The molecule has 1 amide bonds. The predicted molar refractivity (Wildman–Crippen MR) is 71.4 cm³/mol. The van der Waals surface area contributed by atoms with Gasteiger partial charge in [0.1, 0.15) is 11.6 Å². The maximum Gasteiger partial charge on any atom is 0.332 e. The second kappa shape index (κ2) is 5.51.